The van der Waals surface area contributed by atoms with Gasteiger partial charge in [-0.25, -0.2) is 0 Å². The van der Waals surface area contributed by atoms with Crippen LogP contribution < -0.4 is 5.73 Å². The van der Waals surface area contributed by atoms with Crippen LogP contribution in [-0.4, -0.2) is 17.6 Å². The number of nitrogens with two attached hydrogens (primary N) is 1. The van der Waals surface area contributed by atoms with Crippen LogP contribution in [0.4, 0.5) is 0 Å². The van der Waals surface area contributed by atoms with Gasteiger partial charge < -0.3 is 10.8 Å². The molecule has 0 aromatic heterocycles. The zero-order valence-electron chi connectivity index (χ0n) is 9.53. The van der Waals surface area contributed by atoms with Crippen molar-refractivity contribution >= 4 is 21.9 Å². The van der Waals surface area contributed by atoms with E-state index in [-0.39, 0.29) is 5.92 Å². The largest absolute Gasteiger partial charge is 0.481 e. The maximum absolute atomic E-state index is 11.5. The summed E-state index contributed by atoms with van der Waals surface area (Å²) >= 11 is 3.42. The molecule has 0 unspecified atom stereocenters. The number of aliphatic carboxylic acids is 1. The first-order valence-electron chi connectivity index (χ1n) is 5.79. The molecule has 0 radical (unpaired) electrons. The van der Waals surface area contributed by atoms with Crippen molar-refractivity contribution in [1.29, 1.82) is 0 Å². The van der Waals surface area contributed by atoms with Gasteiger partial charge in [0.2, 0.25) is 0 Å². The van der Waals surface area contributed by atoms with E-state index >= 15 is 0 Å². The highest BCUT2D eigenvalue weighted by atomic mass is 79.9. The number of hydrogen-bond donors (Lipinski definition) is 2. The lowest BCUT2D eigenvalue weighted by Gasteiger charge is -2.44. The summed E-state index contributed by atoms with van der Waals surface area (Å²) in [6, 6.07) is 7.80. The first-order valence-corrected chi connectivity index (χ1v) is 6.58. The van der Waals surface area contributed by atoms with Crippen molar-refractivity contribution in [3.63, 3.8) is 0 Å². The van der Waals surface area contributed by atoms with Crippen molar-refractivity contribution in [3.8, 4) is 0 Å². The normalized spacial score (nSPS) is 19.4. The fraction of sp³-hybridized carbons (Fsp3) is 0.462. The second-order valence-corrected chi connectivity index (χ2v) is 5.57. The summed E-state index contributed by atoms with van der Waals surface area (Å²) in [6.07, 6.45) is 2.45. The third kappa shape index (κ3) is 2.11. The molecule has 0 amide bonds. The Kier molecular flexibility index (Phi) is 3.54. The predicted molar refractivity (Wildman–Crippen MR) is 69.9 cm³/mol. The van der Waals surface area contributed by atoms with Crippen LogP contribution in [0.15, 0.2) is 28.7 Å². The smallest absolute Gasteiger partial charge is 0.310 e. The van der Waals surface area contributed by atoms with E-state index in [0.717, 1.165) is 29.3 Å². The van der Waals surface area contributed by atoms with Gasteiger partial charge in [0.25, 0.3) is 0 Å². The van der Waals surface area contributed by atoms with Crippen molar-refractivity contribution in [2.45, 2.75) is 25.2 Å². The minimum Gasteiger partial charge on any atom is -0.481 e. The van der Waals surface area contributed by atoms with Gasteiger partial charge in [0.05, 0.1) is 5.41 Å². The molecular weight excluding hydrogens is 282 g/mol. The maximum Gasteiger partial charge on any atom is 0.310 e. The molecule has 1 aliphatic rings. The molecule has 1 fully saturated rings. The van der Waals surface area contributed by atoms with Crippen molar-refractivity contribution < 1.29 is 9.90 Å². The molecule has 2 rings (SSSR count). The maximum atomic E-state index is 11.5. The predicted octanol–water partition coefficient (Wildman–Crippen LogP) is 2.75. The Hall–Kier alpha value is -0.870. The zero-order chi connectivity index (χ0) is 12.5. The Labute approximate surface area is 109 Å². The fourth-order valence-electron chi connectivity index (χ4n) is 2.67. The van der Waals surface area contributed by atoms with E-state index in [1.165, 1.54) is 0 Å². The van der Waals surface area contributed by atoms with E-state index in [1.54, 1.807) is 0 Å². The van der Waals surface area contributed by atoms with Gasteiger partial charge in [0, 0.05) is 16.9 Å². The van der Waals surface area contributed by atoms with Gasteiger partial charge in [0.1, 0.15) is 0 Å². The van der Waals surface area contributed by atoms with Gasteiger partial charge >= 0.3 is 5.97 Å². The molecule has 1 aliphatic carbocycles. The van der Waals surface area contributed by atoms with Crippen molar-refractivity contribution in [2.75, 3.05) is 6.54 Å². The molecule has 1 aromatic carbocycles. The van der Waals surface area contributed by atoms with Gasteiger partial charge in [-0.2, -0.15) is 0 Å². The van der Waals surface area contributed by atoms with Crippen LogP contribution >= 0.6 is 15.9 Å². The van der Waals surface area contributed by atoms with Crippen LogP contribution in [-0.2, 0) is 4.79 Å². The second-order valence-electron chi connectivity index (χ2n) is 4.66. The van der Waals surface area contributed by atoms with Gasteiger partial charge in [-0.15, -0.1) is 0 Å². The molecule has 0 heterocycles. The molecule has 92 valence electrons. The third-order valence-corrected chi connectivity index (χ3v) is 4.32. The summed E-state index contributed by atoms with van der Waals surface area (Å²) in [7, 11) is 0. The average Bonchev–Trinajstić information content (AvgIpc) is 2.22. The fourth-order valence-corrected chi connectivity index (χ4v) is 3.09. The Bertz CT molecular complexity index is 429. The highest BCUT2D eigenvalue weighted by molar-refractivity contribution is 9.10. The standard InChI is InChI=1S/C13H16BrNO2/c14-10-4-1-3-9(7-10)11(8-15)13(12(16)17)5-2-6-13/h1,3-4,7,11H,2,5-6,8,15H2,(H,16,17)/t11-/m1/s1. The van der Waals surface area contributed by atoms with Crippen LogP contribution in [0, 0.1) is 5.41 Å². The van der Waals surface area contributed by atoms with Crippen molar-refractivity contribution in [1.82, 2.24) is 0 Å². The number of rotatable bonds is 4. The summed E-state index contributed by atoms with van der Waals surface area (Å²) < 4.78 is 0.966. The van der Waals surface area contributed by atoms with E-state index in [9.17, 15) is 9.90 Å². The average molecular weight is 298 g/mol. The number of carboxylic acid groups (broad SMARTS) is 1. The van der Waals surface area contributed by atoms with Crippen LogP contribution in [0.25, 0.3) is 0 Å². The van der Waals surface area contributed by atoms with E-state index in [0.29, 0.717) is 6.54 Å². The Balaban J connectivity index is 2.36. The van der Waals surface area contributed by atoms with Gasteiger partial charge in [-0.1, -0.05) is 34.5 Å². The highest BCUT2D eigenvalue weighted by Gasteiger charge is 2.50. The van der Waals surface area contributed by atoms with Gasteiger partial charge in [-0.3, -0.25) is 4.79 Å². The molecule has 0 aliphatic heterocycles. The SMILES string of the molecule is NC[C@H](c1cccc(Br)c1)C1(C(=O)O)CCC1. The van der Waals surface area contributed by atoms with E-state index in [1.807, 2.05) is 24.3 Å². The number of hydrogen-bond acceptors (Lipinski definition) is 2. The Morgan fingerprint density at radius 1 is 1.53 bits per heavy atom. The van der Waals surface area contributed by atoms with E-state index in [4.69, 9.17) is 5.73 Å². The number of halogens is 1. The molecule has 1 aromatic rings. The molecule has 1 atom stereocenters. The quantitative estimate of drug-likeness (QED) is 0.898. The molecule has 4 heteroatoms. The molecule has 3 nitrogen and oxygen atoms in total. The summed E-state index contributed by atoms with van der Waals surface area (Å²) in [4.78, 5) is 11.5. The number of carbonyl (C=O) groups is 1. The summed E-state index contributed by atoms with van der Waals surface area (Å²) in [5.41, 5.74) is 6.18. The molecule has 0 spiro atoms. The third-order valence-electron chi connectivity index (χ3n) is 3.83. The molecule has 0 saturated heterocycles. The zero-order valence-corrected chi connectivity index (χ0v) is 11.1. The molecular formula is C13H16BrNO2. The first-order chi connectivity index (χ1) is 8.10. The summed E-state index contributed by atoms with van der Waals surface area (Å²) in [5.74, 6) is -0.801. The second kappa shape index (κ2) is 4.78. The van der Waals surface area contributed by atoms with Crippen LogP contribution in [0.2, 0.25) is 0 Å². The topological polar surface area (TPSA) is 63.3 Å². The van der Waals surface area contributed by atoms with Crippen LogP contribution in [0.5, 0.6) is 0 Å². The Morgan fingerprint density at radius 2 is 2.24 bits per heavy atom. The lowest BCUT2D eigenvalue weighted by atomic mass is 9.59. The monoisotopic (exact) mass is 297 g/mol. The van der Waals surface area contributed by atoms with Gasteiger partial charge in [-0.05, 0) is 30.5 Å². The van der Waals surface area contributed by atoms with Crippen molar-refractivity contribution in [3.05, 3.63) is 34.3 Å². The van der Waals surface area contributed by atoms with Crippen LogP contribution in [0.3, 0.4) is 0 Å². The minimum absolute atomic E-state index is 0.0914. The molecule has 3 N–H and O–H groups in total. The van der Waals surface area contributed by atoms with Gasteiger partial charge in [0.15, 0.2) is 0 Å². The molecule has 1 saturated carbocycles. The lowest BCUT2D eigenvalue weighted by Crippen LogP contribution is -2.45. The molecule has 0 bridgehead atoms. The summed E-state index contributed by atoms with van der Waals surface area (Å²) in [6.45, 7) is 0.378. The van der Waals surface area contributed by atoms with E-state index in [2.05, 4.69) is 15.9 Å². The molecule has 17 heavy (non-hydrogen) atoms. The Morgan fingerprint density at radius 3 is 2.65 bits per heavy atom. The minimum atomic E-state index is -0.709. The van der Waals surface area contributed by atoms with Crippen molar-refractivity contribution in [2.24, 2.45) is 11.1 Å². The highest BCUT2D eigenvalue weighted by Crippen LogP contribution is 2.51. The first kappa shape index (κ1) is 12.6. The van der Waals surface area contributed by atoms with Crippen LogP contribution in [0.1, 0.15) is 30.7 Å². The van der Waals surface area contributed by atoms with E-state index < -0.39 is 11.4 Å². The lowest BCUT2D eigenvalue weighted by molar-refractivity contribution is -0.156. The summed E-state index contributed by atoms with van der Waals surface area (Å²) in [5, 5.41) is 9.45. The number of benzene rings is 1. The number of carboxylic acids is 1.